The van der Waals surface area contributed by atoms with Gasteiger partial charge in [-0.25, -0.2) is 4.79 Å². The van der Waals surface area contributed by atoms with Crippen LogP contribution in [0.4, 0.5) is 4.79 Å². The monoisotopic (exact) mass is 285 g/mol. The van der Waals surface area contributed by atoms with Crippen LogP contribution in [0.3, 0.4) is 0 Å². The number of nitrogens with one attached hydrogen (secondary N) is 2. The maximum absolute atomic E-state index is 12.1. The first-order valence-electron chi connectivity index (χ1n) is 7.05. The number of hydrogen-bond acceptors (Lipinski definition) is 3. The van der Waals surface area contributed by atoms with Crippen LogP contribution in [0.25, 0.3) is 0 Å². The van der Waals surface area contributed by atoms with Gasteiger partial charge < -0.3 is 20.6 Å². The Kier molecular flexibility index (Phi) is 6.83. The fourth-order valence-electron chi connectivity index (χ4n) is 2.14. The molecule has 1 aliphatic rings. The van der Waals surface area contributed by atoms with E-state index in [9.17, 15) is 14.4 Å². The van der Waals surface area contributed by atoms with Crippen molar-refractivity contribution in [2.75, 3.05) is 19.6 Å². The quantitative estimate of drug-likeness (QED) is 0.621. The molecular weight excluding hydrogens is 262 g/mol. The lowest BCUT2D eigenvalue weighted by molar-refractivity contribution is -0.137. The lowest BCUT2D eigenvalue weighted by Crippen LogP contribution is -2.51. The summed E-state index contributed by atoms with van der Waals surface area (Å²) in [7, 11) is 0. The van der Waals surface area contributed by atoms with Gasteiger partial charge in [0.15, 0.2) is 0 Å². The molecule has 0 aromatic carbocycles. The van der Waals surface area contributed by atoms with Gasteiger partial charge in [-0.1, -0.05) is 0 Å². The average molecular weight is 285 g/mol. The molecule has 0 aliphatic carbocycles. The Bertz CT molecular complexity index is 354. The van der Waals surface area contributed by atoms with Gasteiger partial charge in [0.1, 0.15) is 6.04 Å². The van der Waals surface area contributed by atoms with Crippen LogP contribution in [0.15, 0.2) is 0 Å². The number of amides is 3. The summed E-state index contributed by atoms with van der Waals surface area (Å²) in [6.45, 7) is 3.45. The number of likely N-dealkylation sites (tertiary alicyclic amines) is 1. The van der Waals surface area contributed by atoms with Crippen LogP contribution < -0.4 is 10.6 Å². The maximum atomic E-state index is 12.1. The Morgan fingerprint density at radius 1 is 1.20 bits per heavy atom. The third-order valence-electron chi connectivity index (χ3n) is 3.24. The standard InChI is InChI=1S/C13H23N3O4/c1-10(12(19)16-8-3-2-4-9-16)15-13(20)14-7-5-6-11(17)18/h10H,2-9H2,1H3,(H,17,18)(H2,14,15,20). The molecule has 0 spiro atoms. The maximum Gasteiger partial charge on any atom is 0.315 e. The van der Waals surface area contributed by atoms with Gasteiger partial charge in [-0.05, 0) is 32.6 Å². The zero-order valence-corrected chi connectivity index (χ0v) is 11.9. The molecule has 1 unspecified atom stereocenters. The molecule has 1 rings (SSSR count). The minimum absolute atomic E-state index is 0.0164. The fourth-order valence-corrected chi connectivity index (χ4v) is 2.14. The summed E-state index contributed by atoms with van der Waals surface area (Å²) in [5.41, 5.74) is 0. The third kappa shape index (κ3) is 5.90. The zero-order valence-electron chi connectivity index (χ0n) is 11.9. The SMILES string of the molecule is CC(NC(=O)NCCCC(=O)O)C(=O)N1CCCCC1. The van der Waals surface area contributed by atoms with Gasteiger partial charge in [0.25, 0.3) is 0 Å². The number of carbonyl (C=O) groups excluding carboxylic acids is 2. The molecule has 0 saturated carbocycles. The van der Waals surface area contributed by atoms with Crippen molar-refractivity contribution in [3.05, 3.63) is 0 Å². The van der Waals surface area contributed by atoms with E-state index in [1.165, 1.54) is 0 Å². The molecule has 3 N–H and O–H groups in total. The second-order valence-corrected chi connectivity index (χ2v) is 5.01. The molecule has 3 amide bonds. The summed E-state index contributed by atoms with van der Waals surface area (Å²) in [6, 6.07) is -0.999. The Morgan fingerprint density at radius 2 is 1.85 bits per heavy atom. The van der Waals surface area contributed by atoms with E-state index >= 15 is 0 Å². The normalized spacial score (nSPS) is 16.4. The second-order valence-electron chi connectivity index (χ2n) is 5.01. The van der Waals surface area contributed by atoms with Crippen molar-refractivity contribution in [1.82, 2.24) is 15.5 Å². The lowest BCUT2D eigenvalue weighted by Gasteiger charge is -2.29. The highest BCUT2D eigenvalue weighted by atomic mass is 16.4. The largest absolute Gasteiger partial charge is 0.481 e. The molecule has 1 fully saturated rings. The van der Waals surface area contributed by atoms with Gasteiger partial charge in [-0.3, -0.25) is 9.59 Å². The van der Waals surface area contributed by atoms with Crippen molar-refractivity contribution in [1.29, 1.82) is 0 Å². The van der Waals surface area contributed by atoms with E-state index in [-0.39, 0.29) is 18.9 Å². The molecule has 114 valence electrons. The van der Waals surface area contributed by atoms with E-state index in [1.54, 1.807) is 11.8 Å². The van der Waals surface area contributed by atoms with E-state index in [1.807, 2.05) is 0 Å². The van der Waals surface area contributed by atoms with Crippen LogP contribution in [0.5, 0.6) is 0 Å². The molecule has 0 radical (unpaired) electrons. The predicted molar refractivity (Wildman–Crippen MR) is 73.3 cm³/mol. The lowest BCUT2D eigenvalue weighted by atomic mass is 10.1. The number of carboxylic acid groups (broad SMARTS) is 1. The van der Waals surface area contributed by atoms with Crippen molar-refractivity contribution in [3.63, 3.8) is 0 Å². The zero-order chi connectivity index (χ0) is 15.0. The summed E-state index contributed by atoms with van der Waals surface area (Å²) in [6.07, 6.45) is 3.56. The second kappa shape index (κ2) is 8.39. The molecular formula is C13H23N3O4. The van der Waals surface area contributed by atoms with Gasteiger partial charge in [0, 0.05) is 26.1 Å². The average Bonchev–Trinajstić information content (AvgIpc) is 2.43. The van der Waals surface area contributed by atoms with E-state index in [0.29, 0.717) is 6.42 Å². The van der Waals surface area contributed by atoms with Crippen LogP contribution in [0.2, 0.25) is 0 Å². The summed E-state index contributed by atoms with van der Waals surface area (Å²) in [5.74, 6) is -0.953. The topological polar surface area (TPSA) is 98.7 Å². The molecule has 1 heterocycles. The highest BCUT2D eigenvalue weighted by Gasteiger charge is 2.23. The molecule has 0 aromatic heterocycles. The van der Waals surface area contributed by atoms with Crippen LogP contribution in [0, 0.1) is 0 Å². The molecule has 20 heavy (non-hydrogen) atoms. The van der Waals surface area contributed by atoms with Crippen molar-refractivity contribution < 1.29 is 19.5 Å². The van der Waals surface area contributed by atoms with Crippen LogP contribution in [-0.2, 0) is 9.59 Å². The summed E-state index contributed by atoms with van der Waals surface area (Å²) in [4.78, 5) is 35.7. The minimum atomic E-state index is -0.888. The first kappa shape index (κ1) is 16.3. The Hall–Kier alpha value is -1.79. The number of hydrogen-bond donors (Lipinski definition) is 3. The summed E-state index contributed by atoms with van der Waals surface area (Å²) in [5, 5.41) is 13.6. The Morgan fingerprint density at radius 3 is 2.45 bits per heavy atom. The van der Waals surface area contributed by atoms with E-state index in [4.69, 9.17) is 5.11 Å². The van der Waals surface area contributed by atoms with Crippen molar-refractivity contribution in [3.8, 4) is 0 Å². The van der Waals surface area contributed by atoms with Gasteiger partial charge >= 0.3 is 12.0 Å². The Labute approximate surface area is 118 Å². The Balaban J connectivity index is 2.22. The van der Waals surface area contributed by atoms with E-state index < -0.39 is 18.0 Å². The fraction of sp³-hybridized carbons (Fsp3) is 0.769. The molecule has 1 saturated heterocycles. The van der Waals surface area contributed by atoms with Gasteiger partial charge in [-0.15, -0.1) is 0 Å². The van der Waals surface area contributed by atoms with E-state index in [0.717, 1.165) is 32.4 Å². The van der Waals surface area contributed by atoms with Crippen molar-refractivity contribution in [2.24, 2.45) is 0 Å². The number of carboxylic acids is 1. The van der Waals surface area contributed by atoms with Gasteiger partial charge in [0.05, 0.1) is 0 Å². The highest BCUT2D eigenvalue weighted by molar-refractivity contribution is 5.86. The molecule has 0 bridgehead atoms. The predicted octanol–water partition coefficient (Wildman–Crippen LogP) is 0.551. The van der Waals surface area contributed by atoms with Gasteiger partial charge in [0.2, 0.25) is 5.91 Å². The van der Waals surface area contributed by atoms with Crippen molar-refractivity contribution in [2.45, 2.75) is 45.1 Å². The highest BCUT2D eigenvalue weighted by Crippen LogP contribution is 2.09. The van der Waals surface area contributed by atoms with Crippen LogP contribution >= 0.6 is 0 Å². The summed E-state index contributed by atoms with van der Waals surface area (Å²) < 4.78 is 0. The number of nitrogens with zero attached hydrogens (tertiary/aromatic N) is 1. The molecule has 0 aromatic rings. The molecule has 1 atom stereocenters. The minimum Gasteiger partial charge on any atom is -0.481 e. The molecule has 7 heteroatoms. The first-order chi connectivity index (χ1) is 9.50. The van der Waals surface area contributed by atoms with Crippen LogP contribution in [-0.4, -0.2) is 53.6 Å². The number of piperidine rings is 1. The smallest absolute Gasteiger partial charge is 0.315 e. The van der Waals surface area contributed by atoms with Crippen LogP contribution in [0.1, 0.15) is 39.0 Å². The first-order valence-corrected chi connectivity index (χ1v) is 7.05. The number of aliphatic carboxylic acids is 1. The van der Waals surface area contributed by atoms with Crippen molar-refractivity contribution >= 4 is 17.9 Å². The number of carbonyl (C=O) groups is 3. The number of rotatable bonds is 6. The summed E-state index contributed by atoms with van der Waals surface area (Å²) >= 11 is 0. The van der Waals surface area contributed by atoms with E-state index in [2.05, 4.69) is 10.6 Å². The van der Waals surface area contributed by atoms with Gasteiger partial charge in [-0.2, -0.15) is 0 Å². The number of urea groups is 1. The molecule has 7 nitrogen and oxygen atoms in total. The third-order valence-corrected chi connectivity index (χ3v) is 3.24. The molecule has 1 aliphatic heterocycles.